The van der Waals surface area contributed by atoms with Crippen molar-refractivity contribution in [2.75, 3.05) is 20.8 Å². The summed E-state index contributed by atoms with van der Waals surface area (Å²) in [6.07, 6.45) is 1.74. The number of fused-ring (bicyclic) bond motifs is 1. The van der Waals surface area contributed by atoms with E-state index in [1.807, 2.05) is 18.2 Å². The number of hydrogen-bond donors (Lipinski definition) is 0. The van der Waals surface area contributed by atoms with Gasteiger partial charge in [0.2, 0.25) is 0 Å². The highest BCUT2D eigenvalue weighted by Gasteiger charge is 2.33. The summed E-state index contributed by atoms with van der Waals surface area (Å²) in [5, 5.41) is 0.535. The third-order valence-corrected chi connectivity index (χ3v) is 6.76. The number of esters is 1. The van der Waals surface area contributed by atoms with Crippen molar-refractivity contribution in [1.29, 1.82) is 0 Å². The van der Waals surface area contributed by atoms with Gasteiger partial charge in [-0.1, -0.05) is 47.2 Å². The number of thiazole rings is 1. The van der Waals surface area contributed by atoms with Crippen molar-refractivity contribution in [3.8, 4) is 11.5 Å². The van der Waals surface area contributed by atoms with Crippen LogP contribution in [0, 0.1) is 0 Å². The van der Waals surface area contributed by atoms with Gasteiger partial charge in [0.25, 0.3) is 5.56 Å². The van der Waals surface area contributed by atoms with Crippen LogP contribution in [0.1, 0.15) is 31.0 Å². The topological polar surface area (TPSA) is 79.1 Å². The van der Waals surface area contributed by atoms with Crippen molar-refractivity contribution in [3.63, 3.8) is 0 Å². The Kier molecular flexibility index (Phi) is 6.90. The van der Waals surface area contributed by atoms with Gasteiger partial charge >= 0.3 is 5.97 Å². The summed E-state index contributed by atoms with van der Waals surface area (Å²) < 4.78 is 18.1. The third-order valence-electron chi connectivity index (χ3n) is 5.43. The van der Waals surface area contributed by atoms with Crippen LogP contribution in [0.4, 0.5) is 0 Å². The number of carbonyl (C=O) groups excluding carboxylic acids is 1. The lowest BCUT2D eigenvalue weighted by atomic mass is 9.95. The summed E-state index contributed by atoms with van der Waals surface area (Å²) in [6, 6.07) is 11.8. The Morgan fingerprint density at radius 3 is 2.59 bits per heavy atom. The highest BCUT2D eigenvalue weighted by Crippen LogP contribution is 2.36. The van der Waals surface area contributed by atoms with Gasteiger partial charge in [-0.3, -0.25) is 9.36 Å². The van der Waals surface area contributed by atoms with Gasteiger partial charge in [0.1, 0.15) is 0 Å². The zero-order valence-electron chi connectivity index (χ0n) is 19.1. The van der Waals surface area contributed by atoms with Gasteiger partial charge in [-0.25, -0.2) is 9.79 Å². The number of hydrogen-bond acceptors (Lipinski definition) is 7. The van der Waals surface area contributed by atoms with Gasteiger partial charge in [-0.15, -0.1) is 0 Å². The highest BCUT2D eigenvalue weighted by molar-refractivity contribution is 7.07. The van der Waals surface area contributed by atoms with Crippen LogP contribution in [0.15, 0.2) is 63.5 Å². The molecule has 0 fully saturated rings. The minimum atomic E-state index is -0.747. The predicted octanol–water partition coefficient (Wildman–Crippen LogP) is 3.47. The maximum atomic E-state index is 13.6. The van der Waals surface area contributed by atoms with E-state index in [1.165, 1.54) is 23.0 Å². The van der Waals surface area contributed by atoms with E-state index in [2.05, 4.69) is 4.99 Å². The number of rotatable bonds is 6. The monoisotopic (exact) mass is 498 g/mol. The van der Waals surface area contributed by atoms with Crippen molar-refractivity contribution in [2.45, 2.75) is 19.9 Å². The second kappa shape index (κ2) is 9.87. The van der Waals surface area contributed by atoms with Crippen molar-refractivity contribution in [2.24, 2.45) is 4.99 Å². The van der Waals surface area contributed by atoms with E-state index in [1.54, 1.807) is 51.3 Å². The minimum absolute atomic E-state index is 0.200. The molecule has 0 saturated heterocycles. The number of benzene rings is 2. The molecular weight excluding hydrogens is 476 g/mol. The average Bonchev–Trinajstić information content (AvgIpc) is 3.13. The Morgan fingerprint density at radius 1 is 1.18 bits per heavy atom. The van der Waals surface area contributed by atoms with Crippen LogP contribution >= 0.6 is 22.9 Å². The van der Waals surface area contributed by atoms with Crippen molar-refractivity contribution in [3.05, 3.63) is 89.6 Å². The summed E-state index contributed by atoms with van der Waals surface area (Å²) in [5.74, 6) is 0.496. The Balaban J connectivity index is 1.99. The summed E-state index contributed by atoms with van der Waals surface area (Å²) in [4.78, 5) is 31.7. The van der Waals surface area contributed by atoms with Crippen LogP contribution < -0.4 is 24.4 Å². The summed E-state index contributed by atoms with van der Waals surface area (Å²) >= 11 is 7.55. The van der Waals surface area contributed by atoms with Gasteiger partial charge in [-0.05, 0) is 49.2 Å². The molecule has 1 aliphatic heterocycles. The lowest BCUT2D eigenvalue weighted by Gasteiger charge is -2.25. The van der Waals surface area contributed by atoms with Crippen molar-refractivity contribution >= 4 is 35.0 Å². The zero-order chi connectivity index (χ0) is 24.4. The first-order chi connectivity index (χ1) is 16.4. The first-order valence-electron chi connectivity index (χ1n) is 10.6. The number of nitrogens with zero attached hydrogens (tertiary/aromatic N) is 2. The molecule has 4 rings (SSSR count). The lowest BCUT2D eigenvalue weighted by Crippen LogP contribution is -2.40. The van der Waals surface area contributed by atoms with Crippen LogP contribution in [0.25, 0.3) is 6.08 Å². The van der Waals surface area contributed by atoms with Crippen LogP contribution in [0.3, 0.4) is 0 Å². The van der Waals surface area contributed by atoms with Crippen LogP contribution in [-0.4, -0.2) is 31.4 Å². The van der Waals surface area contributed by atoms with Gasteiger partial charge in [0, 0.05) is 5.02 Å². The zero-order valence-corrected chi connectivity index (χ0v) is 20.7. The molecule has 176 valence electrons. The summed E-state index contributed by atoms with van der Waals surface area (Å²) in [6.45, 7) is 3.67. The van der Waals surface area contributed by atoms with E-state index >= 15 is 0 Å². The van der Waals surface area contributed by atoms with Crippen molar-refractivity contribution in [1.82, 2.24) is 4.57 Å². The molecule has 2 heterocycles. The van der Waals surface area contributed by atoms with E-state index < -0.39 is 12.0 Å². The lowest BCUT2D eigenvalue weighted by molar-refractivity contribution is -0.139. The summed E-state index contributed by atoms with van der Waals surface area (Å²) in [7, 11) is 3.08. The first kappa shape index (κ1) is 23.8. The molecule has 1 aliphatic rings. The van der Waals surface area contributed by atoms with Gasteiger partial charge in [0.05, 0.1) is 42.7 Å². The van der Waals surface area contributed by atoms with Gasteiger partial charge in [-0.2, -0.15) is 0 Å². The largest absolute Gasteiger partial charge is 0.493 e. The molecule has 0 N–H and O–H groups in total. The van der Waals surface area contributed by atoms with Gasteiger partial charge in [0.15, 0.2) is 16.3 Å². The molecule has 0 amide bonds. The normalized spacial score (nSPS) is 15.6. The minimum Gasteiger partial charge on any atom is -0.493 e. The van der Waals surface area contributed by atoms with E-state index in [0.717, 1.165) is 5.56 Å². The molecule has 34 heavy (non-hydrogen) atoms. The quantitative estimate of drug-likeness (QED) is 0.486. The molecule has 0 saturated carbocycles. The number of allylic oxidation sites excluding steroid dienone is 1. The van der Waals surface area contributed by atoms with Gasteiger partial charge < -0.3 is 14.2 Å². The Hall–Kier alpha value is -3.36. The fourth-order valence-electron chi connectivity index (χ4n) is 3.86. The number of carbonyl (C=O) groups is 1. The number of methoxy groups -OCH3 is 2. The fourth-order valence-corrected chi connectivity index (χ4v) is 5.09. The SMILES string of the molecule is CCOC(=O)C1=C(C)N=c2s/c(=C\c3ccccc3Cl)c(=O)n2[C@H]1c1ccc(OC)c(OC)c1. The standard InChI is InChI=1S/C25H23ClN2O5S/c1-5-33-24(30)21-14(2)27-25-28(22(21)16-10-11-18(31-3)19(12-16)32-4)23(29)20(34-25)13-15-8-6-7-9-17(15)26/h6-13,22H,5H2,1-4H3/b20-13-/t22-/m0/s1. The smallest absolute Gasteiger partial charge is 0.338 e. The van der Waals surface area contributed by atoms with E-state index in [4.69, 9.17) is 25.8 Å². The van der Waals surface area contributed by atoms with Crippen LogP contribution in [-0.2, 0) is 9.53 Å². The maximum Gasteiger partial charge on any atom is 0.338 e. The molecule has 0 radical (unpaired) electrons. The number of halogens is 1. The van der Waals surface area contributed by atoms with E-state index in [0.29, 0.717) is 42.7 Å². The molecule has 0 unspecified atom stereocenters. The second-order valence-electron chi connectivity index (χ2n) is 7.44. The molecule has 0 bridgehead atoms. The van der Waals surface area contributed by atoms with E-state index in [-0.39, 0.29) is 12.2 Å². The number of ether oxygens (including phenoxy) is 3. The number of aromatic nitrogens is 1. The fraction of sp³-hybridized carbons (Fsp3) is 0.240. The first-order valence-corrected chi connectivity index (χ1v) is 11.7. The Labute approximate surface area is 205 Å². The highest BCUT2D eigenvalue weighted by atomic mass is 35.5. The average molecular weight is 499 g/mol. The molecule has 7 nitrogen and oxygen atoms in total. The molecule has 1 atom stereocenters. The molecular formula is C25H23ClN2O5S. The van der Waals surface area contributed by atoms with Crippen molar-refractivity contribution < 1.29 is 19.0 Å². The summed E-state index contributed by atoms with van der Waals surface area (Å²) in [5.41, 5.74) is 1.89. The maximum absolute atomic E-state index is 13.6. The molecule has 0 spiro atoms. The second-order valence-corrected chi connectivity index (χ2v) is 8.85. The van der Waals surface area contributed by atoms with E-state index in [9.17, 15) is 9.59 Å². The molecule has 2 aromatic carbocycles. The van der Waals surface area contributed by atoms with Crippen LogP contribution in [0.2, 0.25) is 5.02 Å². The Bertz CT molecular complexity index is 1470. The molecule has 1 aromatic heterocycles. The Morgan fingerprint density at radius 2 is 1.91 bits per heavy atom. The molecule has 3 aromatic rings. The predicted molar refractivity (Wildman–Crippen MR) is 131 cm³/mol. The molecule has 9 heteroatoms. The molecule has 0 aliphatic carbocycles. The third kappa shape index (κ3) is 4.26. The van der Waals surface area contributed by atoms with Crippen LogP contribution in [0.5, 0.6) is 11.5 Å².